The highest BCUT2D eigenvalue weighted by Crippen LogP contribution is 2.24. The van der Waals surface area contributed by atoms with Gasteiger partial charge in [0.15, 0.2) is 0 Å². The largest absolute Gasteiger partial charge is 0.508 e. The van der Waals surface area contributed by atoms with Gasteiger partial charge < -0.3 is 16.2 Å². The number of rotatable bonds is 4. The Bertz CT molecular complexity index is 616. The lowest BCUT2D eigenvalue weighted by molar-refractivity contribution is -0.125. The van der Waals surface area contributed by atoms with Gasteiger partial charge in [0.2, 0.25) is 5.91 Å². The van der Waals surface area contributed by atoms with E-state index in [0.29, 0.717) is 12.2 Å². The number of nitrogens with one attached hydrogen (secondary N) is 1. The SMILES string of the molecule is CC(C)(C(=O)NCc1ccc(O)cc1)c1ccc(N)cc1. The van der Waals surface area contributed by atoms with Crippen molar-refractivity contribution >= 4 is 11.6 Å². The fourth-order valence-electron chi connectivity index (χ4n) is 2.05. The Labute approximate surface area is 124 Å². The van der Waals surface area contributed by atoms with Crippen molar-refractivity contribution in [2.45, 2.75) is 25.8 Å². The van der Waals surface area contributed by atoms with E-state index >= 15 is 0 Å². The Balaban J connectivity index is 2.04. The zero-order valence-electron chi connectivity index (χ0n) is 12.3. The molecule has 2 aromatic carbocycles. The number of phenolic OH excluding ortho intramolecular Hbond substituents is 1. The predicted octanol–water partition coefficient (Wildman–Crippen LogP) is 2.57. The molecule has 0 unspecified atom stereocenters. The van der Waals surface area contributed by atoms with Crippen molar-refractivity contribution in [3.8, 4) is 5.75 Å². The van der Waals surface area contributed by atoms with Crippen LogP contribution in [0.25, 0.3) is 0 Å². The molecule has 110 valence electrons. The Morgan fingerprint density at radius 2 is 1.67 bits per heavy atom. The van der Waals surface area contributed by atoms with Crippen molar-refractivity contribution in [3.05, 3.63) is 59.7 Å². The summed E-state index contributed by atoms with van der Waals surface area (Å²) < 4.78 is 0. The topological polar surface area (TPSA) is 75.3 Å². The van der Waals surface area contributed by atoms with Crippen molar-refractivity contribution in [2.24, 2.45) is 0 Å². The molecule has 4 N–H and O–H groups in total. The highest BCUT2D eigenvalue weighted by Gasteiger charge is 2.29. The summed E-state index contributed by atoms with van der Waals surface area (Å²) in [5.74, 6) is 0.160. The zero-order chi connectivity index (χ0) is 15.5. The number of carbonyl (C=O) groups excluding carboxylic acids is 1. The van der Waals surface area contributed by atoms with Gasteiger partial charge >= 0.3 is 0 Å². The van der Waals surface area contributed by atoms with E-state index in [2.05, 4.69) is 5.32 Å². The van der Waals surface area contributed by atoms with E-state index in [9.17, 15) is 9.90 Å². The third kappa shape index (κ3) is 3.54. The lowest BCUT2D eigenvalue weighted by Crippen LogP contribution is -2.39. The molecular weight excluding hydrogens is 264 g/mol. The minimum Gasteiger partial charge on any atom is -0.508 e. The molecule has 0 radical (unpaired) electrons. The minimum absolute atomic E-state index is 0.0552. The molecule has 0 aromatic heterocycles. The molecule has 4 nitrogen and oxygen atoms in total. The first-order valence-corrected chi connectivity index (χ1v) is 6.82. The normalized spacial score (nSPS) is 11.1. The maximum atomic E-state index is 12.4. The minimum atomic E-state index is -0.634. The van der Waals surface area contributed by atoms with Crippen LogP contribution in [0.2, 0.25) is 0 Å². The molecule has 0 fully saturated rings. The van der Waals surface area contributed by atoms with Crippen LogP contribution in [0.15, 0.2) is 48.5 Å². The quantitative estimate of drug-likeness (QED) is 0.755. The molecule has 0 heterocycles. The van der Waals surface area contributed by atoms with Crippen LogP contribution in [-0.4, -0.2) is 11.0 Å². The monoisotopic (exact) mass is 284 g/mol. The van der Waals surface area contributed by atoms with Crippen molar-refractivity contribution < 1.29 is 9.90 Å². The average Bonchev–Trinajstić information content (AvgIpc) is 2.46. The standard InChI is InChI=1S/C17H20N2O2/c1-17(2,13-5-7-14(18)8-6-13)16(21)19-11-12-3-9-15(20)10-4-12/h3-10,20H,11,18H2,1-2H3,(H,19,21). The number of hydrogen-bond acceptors (Lipinski definition) is 3. The van der Waals surface area contributed by atoms with Gasteiger partial charge in [0, 0.05) is 12.2 Å². The molecule has 21 heavy (non-hydrogen) atoms. The second-order valence-corrected chi connectivity index (χ2v) is 5.60. The average molecular weight is 284 g/mol. The number of phenols is 1. The summed E-state index contributed by atoms with van der Waals surface area (Å²) in [5, 5.41) is 12.2. The first kappa shape index (κ1) is 14.9. The number of benzene rings is 2. The van der Waals surface area contributed by atoms with Crippen LogP contribution in [0.4, 0.5) is 5.69 Å². The van der Waals surface area contributed by atoms with Gasteiger partial charge in [-0.3, -0.25) is 4.79 Å². The molecule has 1 amide bonds. The van der Waals surface area contributed by atoms with Crippen LogP contribution < -0.4 is 11.1 Å². The number of aromatic hydroxyl groups is 1. The number of anilines is 1. The van der Waals surface area contributed by atoms with Gasteiger partial charge in [0.05, 0.1) is 5.41 Å². The molecule has 0 aliphatic carbocycles. The summed E-state index contributed by atoms with van der Waals surface area (Å²) in [4.78, 5) is 12.4. The number of nitrogens with two attached hydrogens (primary N) is 1. The van der Waals surface area contributed by atoms with Gasteiger partial charge in [-0.15, -0.1) is 0 Å². The summed E-state index contributed by atoms with van der Waals surface area (Å²) >= 11 is 0. The molecule has 0 bridgehead atoms. The molecule has 0 spiro atoms. The maximum absolute atomic E-state index is 12.4. The van der Waals surface area contributed by atoms with Crippen LogP contribution in [0.1, 0.15) is 25.0 Å². The first-order chi connectivity index (χ1) is 9.89. The van der Waals surface area contributed by atoms with E-state index in [1.54, 1.807) is 36.4 Å². The molecule has 0 aliphatic heterocycles. The van der Waals surface area contributed by atoms with Crippen molar-refractivity contribution in [2.75, 3.05) is 5.73 Å². The van der Waals surface area contributed by atoms with E-state index in [1.165, 1.54) is 0 Å². The van der Waals surface area contributed by atoms with Crippen molar-refractivity contribution in [1.29, 1.82) is 0 Å². The van der Waals surface area contributed by atoms with E-state index in [4.69, 9.17) is 5.73 Å². The van der Waals surface area contributed by atoms with Crippen LogP contribution in [0.5, 0.6) is 5.75 Å². The Morgan fingerprint density at radius 1 is 1.10 bits per heavy atom. The molecule has 4 heteroatoms. The third-order valence-electron chi connectivity index (χ3n) is 3.59. The molecule has 2 aromatic rings. The fraction of sp³-hybridized carbons (Fsp3) is 0.235. The summed E-state index contributed by atoms with van der Waals surface area (Å²) in [5.41, 5.74) is 7.57. The van der Waals surface area contributed by atoms with Crippen LogP contribution in [-0.2, 0) is 16.8 Å². The van der Waals surface area contributed by atoms with Gasteiger partial charge in [0.25, 0.3) is 0 Å². The Hall–Kier alpha value is -2.49. The molecule has 0 saturated carbocycles. The van der Waals surface area contributed by atoms with E-state index in [-0.39, 0.29) is 11.7 Å². The second kappa shape index (κ2) is 5.87. The van der Waals surface area contributed by atoms with Crippen molar-refractivity contribution in [1.82, 2.24) is 5.32 Å². The third-order valence-corrected chi connectivity index (χ3v) is 3.59. The van der Waals surface area contributed by atoms with Gasteiger partial charge in [-0.1, -0.05) is 24.3 Å². The van der Waals surface area contributed by atoms with E-state index < -0.39 is 5.41 Å². The number of nitrogen functional groups attached to an aromatic ring is 1. The molecule has 2 rings (SSSR count). The van der Waals surface area contributed by atoms with Gasteiger partial charge in [-0.05, 0) is 49.2 Å². The predicted molar refractivity (Wildman–Crippen MR) is 83.8 cm³/mol. The molecule has 0 saturated heterocycles. The lowest BCUT2D eigenvalue weighted by atomic mass is 9.83. The summed E-state index contributed by atoms with van der Waals surface area (Å²) in [6.45, 7) is 4.19. The summed E-state index contributed by atoms with van der Waals surface area (Å²) in [7, 11) is 0. The van der Waals surface area contributed by atoms with Gasteiger partial charge in [-0.2, -0.15) is 0 Å². The molecule has 0 atom stereocenters. The highest BCUT2D eigenvalue weighted by atomic mass is 16.3. The second-order valence-electron chi connectivity index (χ2n) is 5.60. The molecule has 0 aliphatic rings. The van der Waals surface area contributed by atoms with Crippen LogP contribution in [0, 0.1) is 0 Å². The van der Waals surface area contributed by atoms with Crippen LogP contribution in [0.3, 0.4) is 0 Å². The number of carbonyl (C=O) groups is 1. The van der Waals surface area contributed by atoms with Crippen LogP contribution >= 0.6 is 0 Å². The number of hydrogen-bond donors (Lipinski definition) is 3. The maximum Gasteiger partial charge on any atom is 0.230 e. The number of amides is 1. The highest BCUT2D eigenvalue weighted by molar-refractivity contribution is 5.87. The smallest absolute Gasteiger partial charge is 0.230 e. The summed E-state index contributed by atoms with van der Waals surface area (Å²) in [6, 6.07) is 14.1. The molecular formula is C17H20N2O2. The lowest BCUT2D eigenvalue weighted by Gasteiger charge is -2.24. The van der Waals surface area contributed by atoms with Gasteiger partial charge in [0.1, 0.15) is 5.75 Å². The Morgan fingerprint density at radius 3 is 2.24 bits per heavy atom. The Kier molecular flexibility index (Phi) is 4.17. The van der Waals surface area contributed by atoms with E-state index in [1.807, 2.05) is 26.0 Å². The van der Waals surface area contributed by atoms with E-state index in [0.717, 1.165) is 11.1 Å². The summed E-state index contributed by atoms with van der Waals surface area (Å²) in [6.07, 6.45) is 0. The van der Waals surface area contributed by atoms with Crippen molar-refractivity contribution in [3.63, 3.8) is 0 Å². The van der Waals surface area contributed by atoms with Gasteiger partial charge in [-0.25, -0.2) is 0 Å². The zero-order valence-corrected chi connectivity index (χ0v) is 12.3. The fourth-order valence-corrected chi connectivity index (χ4v) is 2.05. The first-order valence-electron chi connectivity index (χ1n) is 6.82.